The molecule has 0 saturated carbocycles. The summed E-state index contributed by atoms with van der Waals surface area (Å²) in [6.07, 6.45) is 1.85. The number of nitrogens with zero attached hydrogens (tertiary/aromatic N) is 2. The van der Waals surface area contributed by atoms with E-state index in [0.29, 0.717) is 0 Å². The maximum absolute atomic E-state index is 12.0. The molecular weight excluding hydrogens is 195 g/mol. The predicted octanol–water partition coefficient (Wildman–Crippen LogP) is -2.16. The minimum Gasteiger partial charge on any atom is -0.445 e. The molecule has 0 fully saturated rings. The van der Waals surface area contributed by atoms with E-state index in [-0.39, 0.29) is 56.9 Å². The van der Waals surface area contributed by atoms with Crippen LogP contribution in [-0.2, 0) is 0 Å². The zero-order valence-electron chi connectivity index (χ0n) is 6.76. The quantitative estimate of drug-likeness (QED) is 0.483. The van der Waals surface area contributed by atoms with E-state index < -0.39 is 12.4 Å². The summed E-state index contributed by atoms with van der Waals surface area (Å²) in [6.45, 7) is -3.57. The molecule has 0 atom stereocenters. The van der Waals surface area contributed by atoms with Gasteiger partial charge < -0.3 is 12.9 Å². The summed E-state index contributed by atoms with van der Waals surface area (Å²) in [7, 11) is 0. The topological polar surface area (TPSA) is 25.8 Å². The maximum atomic E-state index is 12.0. The van der Waals surface area contributed by atoms with E-state index in [1.807, 2.05) is 0 Å². The fourth-order valence-electron chi connectivity index (χ4n) is 0.734. The van der Waals surface area contributed by atoms with Crippen LogP contribution in [0.3, 0.4) is 0 Å². The first-order valence-electron chi connectivity index (χ1n) is 2.99. The molecule has 0 aliphatic heterocycles. The molecule has 60 valence electrons. The molecule has 0 saturated heterocycles. The molecule has 1 aromatic rings. The van der Waals surface area contributed by atoms with E-state index in [0.717, 1.165) is 12.4 Å². The molecule has 0 aliphatic carbocycles. The molecule has 0 unspecified atom stereocenters. The van der Waals surface area contributed by atoms with Crippen molar-refractivity contribution in [3.8, 4) is 0 Å². The van der Waals surface area contributed by atoms with Gasteiger partial charge in [-0.3, -0.25) is 0 Å². The molecule has 1 aromatic heterocycles. The van der Waals surface area contributed by atoms with Crippen LogP contribution < -0.4 is 56.8 Å². The molecule has 0 aliphatic rings. The third kappa shape index (κ3) is 3.14. The summed E-state index contributed by atoms with van der Waals surface area (Å²) in [5.74, 6) is 0. The molecule has 2 nitrogen and oxygen atoms in total. The smallest absolute Gasteiger partial charge is 0.445 e. The van der Waals surface area contributed by atoms with E-state index in [1.165, 1.54) is 6.92 Å². The monoisotopic (exact) mass is 200 g/mol. The Hall–Kier alpha value is 0.571. The van der Waals surface area contributed by atoms with Crippen LogP contribution in [0.5, 0.6) is 0 Å². The van der Waals surface area contributed by atoms with Crippen molar-refractivity contribution in [2.45, 2.75) is 6.92 Å². The zero-order valence-corrected chi connectivity index (χ0v) is 9.88. The number of halogens is 3. The first-order chi connectivity index (χ1) is 5.02. The molecule has 1 rings (SSSR count). The minimum absolute atomic E-state index is 0. The van der Waals surface area contributed by atoms with Crippen molar-refractivity contribution in [2.75, 3.05) is 0 Å². The number of aromatic nitrogens is 2. The van der Waals surface area contributed by atoms with Gasteiger partial charge in [-0.2, -0.15) is 10.2 Å². The second-order valence-electron chi connectivity index (χ2n) is 2.20. The van der Waals surface area contributed by atoms with E-state index >= 15 is 0 Å². The normalized spacial score (nSPS) is 10.7. The first-order valence-corrected chi connectivity index (χ1v) is 2.99. The fourth-order valence-corrected chi connectivity index (χ4v) is 0.734. The van der Waals surface area contributed by atoms with Crippen LogP contribution in [-0.4, -0.2) is 17.2 Å². The second-order valence-corrected chi connectivity index (χ2v) is 2.20. The number of aryl methyl sites for hydroxylation is 1. The number of hydrogen-bond acceptors (Lipinski definition) is 2. The molecule has 0 spiro atoms. The van der Waals surface area contributed by atoms with Crippen molar-refractivity contribution in [3.05, 3.63) is 18.0 Å². The number of hydrogen-bond donors (Lipinski definition) is 0. The van der Waals surface area contributed by atoms with Crippen LogP contribution >= 0.6 is 0 Å². The summed E-state index contributed by atoms with van der Waals surface area (Å²) in [6, 6.07) is 0. The van der Waals surface area contributed by atoms with Crippen LogP contribution in [0.2, 0.25) is 0 Å². The summed E-state index contributed by atoms with van der Waals surface area (Å²) in [4.78, 5) is 0. The Labute approximate surface area is 110 Å². The molecule has 12 heavy (non-hydrogen) atoms. The van der Waals surface area contributed by atoms with E-state index in [4.69, 9.17) is 0 Å². The van der Waals surface area contributed by atoms with Crippen LogP contribution in [0, 0.1) is 6.92 Å². The zero-order chi connectivity index (χ0) is 8.48. The average molecular weight is 200 g/mol. The van der Waals surface area contributed by atoms with Gasteiger partial charge in [0.25, 0.3) is 0 Å². The van der Waals surface area contributed by atoms with Crippen LogP contribution in [0.15, 0.2) is 12.4 Å². The van der Waals surface area contributed by atoms with Crippen LogP contribution in [0.25, 0.3) is 0 Å². The van der Waals surface area contributed by atoms with Crippen LogP contribution in [0.4, 0.5) is 12.9 Å². The number of rotatable bonds is 1. The molecular formula is C5H5BF3KN2. The molecule has 0 bridgehead atoms. The Morgan fingerprint density at radius 3 is 2.00 bits per heavy atom. The molecule has 0 amide bonds. The van der Waals surface area contributed by atoms with Gasteiger partial charge in [0.15, 0.2) is 0 Å². The van der Waals surface area contributed by atoms with Crippen LogP contribution in [0.1, 0.15) is 5.56 Å². The van der Waals surface area contributed by atoms with Gasteiger partial charge in [-0.05, 0) is 6.92 Å². The Kier molecular flexibility index (Phi) is 4.93. The van der Waals surface area contributed by atoms with Gasteiger partial charge in [0.1, 0.15) is 0 Å². The summed E-state index contributed by atoms with van der Waals surface area (Å²) in [5, 5.41) is 6.48. The largest absolute Gasteiger partial charge is 1.00 e. The Morgan fingerprint density at radius 2 is 1.67 bits per heavy atom. The molecule has 0 aromatic carbocycles. The second kappa shape index (κ2) is 4.71. The SMILES string of the molecule is Cc1cnncc1[B-](F)(F)F.[K+]. The average Bonchev–Trinajstić information content (AvgIpc) is 1.86. The van der Waals surface area contributed by atoms with Crippen molar-refractivity contribution in [3.63, 3.8) is 0 Å². The summed E-state index contributed by atoms with van der Waals surface area (Å²) < 4.78 is 36.1. The van der Waals surface area contributed by atoms with Gasteiger partial charge in [-0.15, -0.1) is 0 Å². The van der Waals surface area contributed by atoms with E-state index in [1.54, 1.807) is 0 Å². The molecule has 7 heteroatoms. The van der Waals surface area contributed by atoms with Crippen molar-refractivity contribution in [1.82, 2.24) is 10.2 Å². The molecule has 1 heterocycles. The predicted molar refractivity (Wildman–Crippen MR) is 35.5 cm³/mol. The Balaban J connectivity index is 0.00000121. The Morgan fingerprint density at radius 1 is 1.17 bits per heavy atom. The van der Waals surface area contributed by atoms with Gasteiger partial charge in [-0.1, -0.05) is 11.0 Å². The van der Waals surface area contributed by atoms with E-state index in [2.05, 4.69) is 10.2 Å². The van der Waals surface area contributed by atoms with Crippen molar-refractivity contribution in [1.29, 1.82) is 0 Å². The van der Waals surface area contributed by atoms with Crippen molar-refractivity contribution >= 4 is 12.4 Å². The summed E-state index contributed by atoms with van der Waals surface area (Å²) >= 11 is 0. The van der Waals surface area contributed by atoms with Gasteiger partial charge in [0, 0.05) is 12.4 Å². The minimum atomic E-state index is -4.93. The van der Waals surface area contributed by atoms with Gasteiger partial charge >= 0.3 is 58.4 Å². The summed E-state index contributed by atoms with van der Waals surface area (Å²) in [5.41, 5.74) is -0.549. The standard InChI is InChI=1S/C5H5BF3N2.K/c1-4-2-10-11-3-5(4)6(7,8)9;/h2-3H,1H3;/q-1;+1. The first kappa shape index (κ1) is 12.6. The van der Waals surface area contributed by atoms with E-state index in [9.17, 15) is 12.9 Å². The third-order valence-corrected chi connectivity index (χ3v) is 1.32. The van der Waals surface area contributed by atoms with Crippen molar-refractivity contribution < 1.29 is 64.3 Å². The Bertz CT molecular complexity index is 265. The third-order valence-electron chi connectivity index (χ3n) is 1.32. The van der Waals surface area contributed by atoms with Gasteiger partial charge in [0.2, 0.25) is 0 Å². The van der Waals surface area contributed by atoms with Crippen molar-refractivity contribution in [2.24, 2.45) is 0 Å². The van der Waals surface area contributed by atoms with Gasteiger partial charge in [-0.25, -0.2) is 0 Å². The molecule has 0 N–H and O–H groups in total. The fraction of sp³-hybridized carbons (Fsp3) is 0.200. The van der Waals surface area contributed by atoms with Gasteiger partial charge in [0.05, 0.1) is 0 Å². The maximum Gasteiger partial charge on any atom is 1.00 e. The molecule has 0 radical (unpaired) electrons.